The van der Waals surface area contributed by atoms with Gasteiger partial charge in [0, 0.05) is 32.7 Å². The lowest BCUT2D eigenvalue weighted by atomic mass is 10.0. The van der Waals surface area contributed by atoms with Crippen molar-refractivity contribution in [3.05, 3.63) is 0 Å². The van der Waals surface area contributed by atoms with Crippen molar-refractivity contribution in [2.45, 2.75) is 32.3 Å². The second-order valence-electron chi connectivity index (χ2n) is 4.68. The van der Waals surface area contributed by atoms with Gasteiger partial charge in [-0.1, -0.05) is 6.92 Å². The summed E-state index contributed by atoms with van der Waals surface area (Å²) < 4.78 is 33.4. The first-order valence-electron chi connectivity index (χ1n) is 6.53. The lowest BCUT2D eigenvalue weighted by Gasteiger charge is -2.21. The van der Waals surface area contributed by atoms with Gasteiger partial charge in [-0.3, -0.25) is 0 Å². The molecule has 108 valence electrons. The van der Waals surface area contributed by atoms with E-state index in [1.165, 1.54) is 4.31 Å². The first kappa shape index (κ1) is 15.8. The average molecular weight is 279 g/mol. The monoisotopic (exact) mass is 279 g/mol. The summed E-state index contributed by atoms with van der Waals surface area (Å²) in [4.78, 5) is 0. The molecule has 0 saturated carbocycles. The molecule has 0 amide bonds. The third kappa shape index (κ3) is 4.47. The van der Waals surface area contributed by atoms with Crippen LogP contribution in [0.2, 0.25) is 0 Å². The van der Waals surface area contributed by atoms with Crippen LogP contribution in [0, 0.1) is 5.92 Å². The minimum Gasteiger partial charge on any atom is -0.378 e. The van der Waals surface area contributed by atoms with E-state index in [0.717, 1.165) is 19.4 Å². The largest absolute Gasteiger partial charge is 0.378 e. The highest BCUT2D eigenvalue weighted by molar-refractivity contribution is 7.87. The molecule has 1 heterocycles. The van der Waals surface area contributed by atoms with Gasteiger partial charge < -0.3 is 10.5 Å². The van der Waals surface area contributed by atoms with Crippen LogP contribution >= 0.6 is 0 Å². The Kier molecular flexibility index (Phi) is 6.51. The number of hydrogen-bond donors (Lipinski definition) is 2. The molecular formula is C11H25N3O3S. The Morgan fingerprint density at radius 1 is 1.50 bits per heavy atom. The molecule has 7 heteroatoms. The van der Waals surface area contributed by atoms with E-state index in [2.05, 4.69) is 11.6 Å². The Morgan fingerprint density at radius 3 is 2.83 bits per heavy atom. The fraction of sp³-hybridized carbons (Fsp3) is 1.00. The molecule has 6 nitrogen and oxygen atoms in total. The summed E-state index contributed by atoms with van der Waals surface area (Å²) in [7, 11) is -1.81. The highest BCUT2D eigenvalue weighted by Crippen LogP contribution is 2.22. The first-order valence-corrected chi connectivity index (χ1v) is 7.97. The van der Waals surface area contributed by atoms with Crippen LogP contribution in [0.3, 0.4) is 0 Å². The molecule has 1 saturated heterocycles. The maximum Gasteiger partial charge on any atom is 0.279 e. The smallest absolute Gasteiger partial charge is 0.279 e. The molecule has 18 heavy (non-hydrogen) atoms. The maximum absolute atomic E-state index is 11.9. The zero-order chi connectivity index (χ0) is 13.6. The summed E-state index contributed by atoms with van der Waals surface area (Å²) in [6.45, 7) is 4.19. The van der Waals surface area contributed by atoms with Gasteiger partial charge in [0.1, 0.15) is 0 Å². The Balaban J connectivity index is 2.41. The molecule has 0 aromatic heterocycles. The number of hydrogen-bond acceptors (Lipinski definition) is 4. The van der Waals surface area contributed by atoms with Crippen molar-refractivity contribution in [2.75, 3.05) is 33.3 Å². The zero-order valence-corrected chi connectivity index (χ0v) is 12.1. The van der Waals surface area contributed by atoms with Gasteiger partial charge in [0.15, 0.2) is 0 Å². The number of ether oxygens (including phenoxy) is 1. The Hall–Kier alpha value is -0.210. The van der Waals surface area contributed by atoms with Gasteiger partial charge >= 0.3 is 0 Å². The van der Waals surface area contributed by atoms with Crippen molar-refractivity contribution >= 4 is 10.2 Å². The van der Waals surface area contributed by atoms with E-state index in [0.29, 0.717) is 26.1 Å². The van der Waals surface area contributed by atoms with Crippen LogP contribution in [0.15, 0.2) is 0 Å². The zero-order valence-electron chi connectivity index (χ0n) is 11.3. The summed E-state index contributed by atoms with van der Waals surface area (Å²) in [6.07, 6.45) is 2.70. The van der Waals surface area contributed by atoms with E-state index in [9.17, 15) is 8.42 Å². The highest BCUT2D eigenvalue weighted by Gasteiger charge is 2.28. The highest BCUT2D eigenvalue weighted by atomic mass is 32.2. The van der Waals surface area contributed by atoms with Crippen LogP contribution in [0.5, 0.6) is 0 Å². The Morgan fingerprint density at radius 2 is 2.22 bits per heavy atom. The Bertz CT molecular complexity index is 334. The molecule has 0 bridgehead atoms. The molecule has 0 aliphatic carbocycles. The van der Waals surface area contributed by atoms with Crippen molar-refractivity contribution in [1.29, 1.82) is 0 Å². The third-order valence-corrected chi connectivity index (χ3v) is 4.90. The standard InChI is InChI=1S/C11H25N3O3S/c1-3-11-10(5-8-17-11)9-13-18(15,16)14(2)7-4-6-12/h10-11,13H,3-9,12H2,1-2H3. The van der Waals surface area contributed by atoms with Crippen molar-refractivity contribution in [3.63, 3.8) is 0 Å². The van der Waals surface area contributed by atoms with Crippen LogP contribution in [-0.4, -0.2) is 52.1 Å². The van der Waals surface area contributed by atoms with Crippen LogP contribution < -0.4 is 10.5 Å². The fourth-order valence-electron chi connectivity index (χ4n) is 2.13. The molecule has 1 aliphatic rings. The van der Waals surface area contributed by atoms with E-state index in [4.69, 9.17) is 10.5 Å². The van der Waals surface area contributed by atoms with Gasteiger partial charge in [-0.15, -0.1) is 0 Å². The predicted molar refractivity (Wildman–Crippen MR) is 71.4 cm³/mol. The molecule has 0 spiro atoms. The summed E-state index contributed by atoms with van der Waals surface area (Å²) in [5.74, 6) is 0.285. The topological polar surface area (TPSA) is 84.7 Å². The van der Waals surface area contributed by atoms with Crippen LogP contribution in [0.1, 0.15) is 26.2 Å². The number of rotatable bonds is 8. The summed E-state index contributed by atoms with van der Waals surface area (Å²) in [5, 5.41) is 0. The molecule has 0 radical (unpaired) electrons. The van der Waals surface area contributed by atoms with E-state index in [1.807, 2.05) is 0 Å². The van der Waals surface area contributed by atoms with Crippen molar-refractivity contribution < 1.29 is 13.2 Å². The second kappa shape index (κ2) is 7.40. The minimum absolute atomic E-state index is 0.182. The molecule has 2 atom stereocenters. The van der Waals surface area contributed by atoms with Gasteiger partial charge in [-0.2, -0.15) is 12.7 Å². The van der Waals surface area contributed by atoms with Crippen LogP contribution in [0.25, 0.3) is 0 Å². The normalized spacial score (nSPS) is 24.9. The minimum atomic E-state index is -3.38. The van der Waals surface area contributed by atoms with Gasteiger partial charge in [0.2, 0.25) is 0 Å². The number of nitrogens with one attached hydrogen (secondary N) is 1. The first-order chi connectivity index (χ1) is 8.51. The summed E-state index contributed by atoms with van der Waals surface area (Å²) >= 11 is 0. The lowest BCUT2D eigenvalue weighted by molar-refractivity contribution is 0.0884. The molecule has 1 aliphatic heterocycles. The molecule has 0 aromatic carbocycles. The van der Waals surface area contributed by atoms with E-state index < -0.39 is 10.2 Å². The number of nitrogens with zero attached hydrogens (tertiary/aromatic N) is 1. The van der Waals surface area contributed by atoms with E-state index in [1.54, 1.807) is 7.05 Å². The molecule has 1 rings (SSSR count). The quantitative estimate of drug-likeness (QED) is 0.650. The third-order valence-electron chi connectivity index (χ3n) is 3.36. The SMILES string of the molecule is CCC1OCCC1CNS(=O)(=O)N(C)CCCN. The molecule has 2 unspecified atom stereocenters. The Labute approximate surface area is 110 Å². The van der Waals surface area contributed by atoms with Crippen molar-refractivity contribution in [2.24, 2.45) is 11.7 Å². The molecular weight excluding hydrogens is 254 g/mol. The molecule has 3 N–H and O–H groups in total. The van der Waals surface area contributed by atoms with Crippen LogP contribution in [-0.2, 0) is 14.9 Å². The predicted octanol–water partition coefficient (Wildman–Crippen LogP) is -0.0835. The second-order valence-corrected chi connectivity index (χ2v) is 6.55. The van der Waals surface area contributed by atoms with Crippen LogP contribution in [0.4, 0.5) is 0 Å². The summed E-state index contributed by atoms with van der Waals surface area (Å²) in [6, 6.07) is 0. The fourth-order valence-corrected chi connectivity index (χ4v) is 3.15. The van der Waals surface area contributed by atoms with E-state index in [-0.39, 0.29) is 12.0 Å². The average Bonchev–Trinajstić information content (AvgIpc) is 2.80. The number of nitrogens with two attached hydrogens (primary N) is 1. The molecule has 0 aromatic rings. The van der Waals surface area contributed by atoms with Gasteiger partial charge in [0.25, 0.3) is 10.2 Å². The van der Waals surface area contributed by atoms with Gasteiger partial charge in [0.05, 0.1) is 6.10 Å². The van der Waals surface area contributed by atoms with E-state index >= 15 is 0 Å². The van der Waals surface area contributed by atoms with Crippen molar-refractivity contribution in [1.82, 2.24) is 9.03 Å². The summed E-state index contributed by atoms with van der Waals surface area (Å²) in [5.41, 5.74) is 5.37. The molecule has 1 fully saturated rings. The van der Waals surface area contributed by atoms with Crippen molar-refractivity contribution in [3.8, 4) is 0 Å². The van der Waals surface area contributed by atoms with Gasteiger partial charge in [-0.25, -0.2) is 4.72 Å². The van der Waals surface area contributed by atoms with Gasteiger partial charge in [-0.05, 0) is 25.8 Å². The maximum atomic E-state index is 11.9. The lowest BCUT2D eigenvalue weighted by Crippen LogP contribution is -2.42.